The first kappa shape index (κ1) is 13.7. The lowest BCUT2D eigenvalue weighted by Gasteiger charge is -2.19. The highest BCUT2D eigenvalue weighted by Gasteiger charge is 2.25. The zero-order valence-corrected chi connectivity index (χ0v) is 9.70. The molecule has 1 N–H and O–H groups in total. The second kappa shape index (κ2) is 7.09. The second-order valence-corrected chi connectivity index (χ2v) is 3.34. The van der Waals surface area contributed by atoms with Crippen LogP contribution in [0.5, 0.6) is 0 Å². The number of hydrogen-bond acceptors (Lipinski definition) is 4. The fourth-order valence-corrected chi connectivity index (χ4v) is 1.03. The minimum Gasteiger partial charge on any atom is -0.464 e. The summed E-state index contributed by atoms with van der Waals surface area (Å²) in [5, 5.41) is 2.47. The van der Waals surface area contributed by atoms with E-state index in [0.717, 1.165) is 0 Å². The Morgan fingerprint density at radius 3 is 2.07 bits per heavy atom. The molecular weight excluding hydrogens is 198 g/mol. The first-order valence-electron chi connectivity index (χ1n) is 5.12. The number of carbonyl (C=O) groups excluding carboxylic acids is 2. The van der Waals surface area contributed by atoms with Gasteiger partial charge in [0.15, 0.2) is 0 Å². The average molecular weight is 217 g/mol. The number of amides is 1. The van der Waals surface area contributed by atoms with Gasteiger partial charge in [0.1, 0.15) is 6.04 Å². The molecule has 0 aliphatic heterocycles. The molecule has 5 heteroatoms. The van der Waals surface area contributed by atoms with Gasteiger partial charge in [-0.2, -0.15) is 0 Å². The van der Waals surface area contributed by atoms with Gasteiger partial charge in [0.2, 0.25) is 0 Å². The predicted octanol–water partition coefficient (Wildman–Crippen LogP) is 1.32. The van der Waals surface area contributed by atoms with E-state index in [1.165, 1.54) is 0 Å². The summed E-state index contributed by atoms with van der Waals surface area (Å²) < 4.78 is 9.53. The molecule has 1 unspecified atom stereocenters. The van der Waals surface area contributed by atoms with E-state index < -0.39 is 18.1 Å². The van der Waals surface area contributed by atoms with Crippen LogP contribution in [0, 0.1) is 5.92 Å². The summed E-state index contributed by atoms with van der Waals surface area (Å²) in [6.45, 7) is 7.65. The molecule has 0 saturated heterocycles. The van der Waals surface area contributed by atoms with E-state index in [1.807, 2.05) is 13.8 Å². The van der Waals surface area contributed by atoms with Gasteiger partial charge in [-0.15, -0.1) is 0 Å². The third-order valence-corrected chi connectivity index (χ3v) is 1.76. The molecule has 1 atom stereocenters. The van der Waals surface area contributed by atoms with Gasteiger partial charge in [-0.05, 0) is 19.8 Å². The lowest BCUT2D eigenvalue weighted by Crippen LogP contribution is -2.45. The quantitative estimate of drug-likeness (QED) is 0.705. The number of alkyl carbamates (subject to hydrolysis) is 1. The Labute approximate surface area is 90.1 Å². The van der Waals surface area contributed by atoms with E-state index in [9.17, 15) is 9.59 Å². The smallest absolute Gasteiger partial charge is 0.407 e. The Hall–Kier alpha value is -1.26. The molecule has 88 valence electrons. The molecule has 0 aromatic carbocycles. The normalized spacial score (nSPS) is 12.1. The van der Waals surface area contributed by atoms with Crippen molar-refractivity contribution in [3.8, 4) is 0 Å². The van der Waals surface area contributed by atoms with Gasteiger partial charge in [-0.3, -0.25) is 0 Å². The molecule has 0 bridgehead atoms. The van der Waals surface area contributed by atoms with Gasteiger partial charge < -0.3 is 14.8 Å². The van der Waals surface area contributed by atoms with Crippen molar-refractivity contribution in [2.75, 3.05) is 13.2 Å². The molecule has 0 saturated carbocycles. The van der Waals surface area contributed by atoms with Crippen LogP contribution < -0.4 is 5.32 Å². The molecule has 0 aliphatic carbocycles. The maximum absolute atomic E-state index is 11.4. The Balaban J connectivity index is 4.27. The van der Waals surface area contributed by atoms with Crippen molar-refractivity contribution in [2.24, 2.45) is 5.92 Å². The summed E-state index contributed by atoms with van der Waals surface area (Å²) in [7, 11) is 0. The van der Waals surface area contributed by atoms with Gasteiger partial charge in [-0.1, -0.05) is 13.8 Å². The van der Waals surface area contributed by atoms with Crippen molar-refractivity contribution in [1.82, 2.24) is 5.32 Å². The van der Waals surface area contributed by atoms with Gasteiger partial charge in [0.25, 0.3) is 0 Å². The Morgan fingerprint density at radius 1 is 1.13 bits per heavy atom. The Kier molecular flexibility index (Phi) is 6.49. The first-order chi connectivity index (χ1) is 7.02. The summed E-state index contributed by atoms with van der Waals surface area (Å²) in [5.41, 5.74) is 0. The third kappa shape index (κ3) is 5.24. The minimum absolute atomic E-state index is 0.0338. The lowest BCUT2D eigenvalue weighted by molar-refractivity contribution is -0.146. The maximum Gasteiger partial charge on any atom is 0.407 e. The SMILES string of the molecule is CCOC(=O)NC(C(=O)OCC)C(C)C. The van der Waals surface area contributed by atoms with Crippen LogP contribution in [0.25, 0.3) is 0 Å². The summed E-state index contributed by atoms with van der Waals surface area (Å²) >= 11 is 0. The molecule has 1 amide bonds. The summed E-state index contributed by atoms with van der Waals surface area (Å²) in [6.07, 6.45) is -0.593. The highest BCUT2D eigenvalue weighted by Crippen LogP contribution is 2.04. The maximum atomic E-state index is 11.4. The zero-order chi connectivity index (χ0) is 11.8. The number of carbonyl (C=O) groups is 2. The Bertz CT molecular complexity index is 215. The minimum atomic E-state index is -0.649. The largest absolute Gasteiger partial charge is 0.464 e. The lowest BCUT2D eigenvalue weighted by atomic mass is 10.1. The summed E-state index contributed by atoms with van der Waals surface area (Å²) in [4.78, 5) is 22.6. The van der Waals surface area contributed by atoms with Crippen LogP contribution >= 0.6 is 0 Å². The molecule has 0 rings (SSSR count). The number of ether oxygens (including phenoxy) is 2. The molecule has 0 aromatic heterocycles. The average Bonchev–Trinajstić information content (AvgIpc) is 2.14. The van der Waals surface area contributed by atoms with E-state index in [1.54, 1.807) is 13.8 Å². The van der Waals surface area contributed by atoms with Crippen LogP contribution in [0.3, 0.4) is 0 Å². The molecule has 0 aromatic rings. The third-order valence-electron chi connectivity index (χ3n) is 1.76. The second-order valence-electron chi connectivity index (χ2n) is 3.34. The van der Waals surface area contributed by atoms with Gasteiger partial charge >= 0.3 is 12.1 Å². The van der Waals surface area contributed by atoms with Crippen molar-refractivity contribution >= 4 is 12.1 Å². The first-order valence-corrected chi connectivity index (χ1v) is 5.12. The Morgan fingerprint density at radius 2 is 1.67 bits per heavy atom. The molecule has 5 nitrogen and oxygen atoms in total. The van der Waals surface area contributed by atoms with Crippen molar-refractivity contribution < 1.29 is 19.1 Å². The van der Waals surface area contributed by atoms with Crippen LogP contribution in [-0.2, 0) is 14.3 Å². The number of rotatable bonds is 5. The molecule has 0 aliphatic rings. The van der Waals surface area contributed by atoms with Crippen LogP contribution in [0.4, 0.5) is 4.79 Å². The molecule has 0 spiro atoms. The fourth-order valence-electron chi connectivity index (χ4n) is 1.03. The van der Waals surface area contributed by atoms with Gasteiger partial charge in [0.05, 0.1) is 13.2 Å². The highest BCUT2D eigenvalue weighted by atomic mass is 16.6. The summed E-state index contributed by atoms with van der Waals surface area (Å²) in [6, 6.07) is -0.649. The molecule has 0 radical (unpaired) electrons. The summed E-state index contributed by atoms with van der Waals surface area (Å²) in [5.74, 6) is -0.464. The van der Waals surface area contributed by atoms with E-state index in [0.29, 0.717) is 6.61 Å². The van der Waals surface area contributed by atoms with E-state index in [-0.39, 0.29) is 12.5 Å². The molecule has 15 heavy (non-hydrogen) atoms. The van der Waals surface area contributed by atoms with E-state index in [2.05, 4.69) is 5.32 Å². The van der Waals surface area contributed by atoms with Crippen LogP contribution in [0.2, 0.25) is 0 Å². The zero-order valence-electron chi connectivity index (χ0n) is 9.70. The number of nitrogens with one attached hydrogen (secondary N) is 1. The van der Waals surface area contributed by atoms with Crippen molar-refractivity contribution in [3.05, 3.63) is 0 Å². The predicted molar refractivity (Wildman–Crippen MR) is 55.4 cm³/mol. The monoisotopic (exact) mass is 217 g/mol. The van der Waals surface area contributed by atoms with Gasteiger partial charge in [-0.25, -0.2) is 9.59 Å². The van der Waals surface area contributed by atoms with Crippen molar-refractivity contribution in [2.45, 2.75) is 33.7 Å². The van der Waals surface area contributed by atoms with Crippen molar-refractivity contribution in [3.63, 3.8) is 0 Å². The van der Waals surface area contributed by atoms with Crippen LogP contribution in [0.15, 0.2) is 0 Å². The van der Waals surface area contributed by atoms with Crippen LogP contribution in [-0.4, -0.2) is 31.3 Å². The molecule has 0 fully saturated rings. The van der Waals surface area contributed by atoms with Crippen molar-refractivity contribution in [1.29, 1.82) is 0 Å². The van der Waals surface area contributed by atoms with E-state index >= 15 is 0 Å². The number of hydrogen-bond donors (Lipinski definition) is 1. The highest BCUT2D eigenvalue weighted by molar-refractivity contribution is 5.81. The standard InChI is InChI=1S/C10H19NO4/c1-5-14-9(12)8(7(3)4)11-10(13)15-6-2/h7-8H,5-6H2,1-4H3,(H,11,13). The molecular formula is C10H19NO4. The topological polar surface area (TPSA) is 64.6 Å². The number of esters is 1. The van der Waals surface area contributed by atoms with Crippen LogP contribution in [0.1, 0.15) is 27.7 Å². The fraction of sp³-hybridized carbons (Fsp3) is 0.800. The van der Waals surface area contributed by atoms with E-state index in [4.69, 9.17) is 9.47 Å². The van der Waals surface area contributed by atoms with Gasteiger partial charge in [0, 0.05) is 0 Å². The molecule has 0 heterocycles.